The van der Waals surface area contributed by atoms with Crippen LogP contribution < -0.4 is 14.4 Å². The highest BCUT2D eigenvalue weighted by molar-refractivity contribution is 6.01. The van der Waals surface area contributed by atoms with Gasteiger partial charge in [0.05, 0.1) is 25.8 Å². The van der Waals surface area contributed by atoms with E-state index < -0.39 is 24.5 Å². The van der Waals surface area contributed by atoms with Crippen LogP contribution in [0.4, 0.5) is 18.9 Å². The van der Waals surface area contributed by atoms with Gasteiger partial charge in [-0.2, -0.15) is 13.2 Å². The second kappa shape index (κ2) is 9.16. The van der Waals surface area contributed by atoms with Crippen molar-refractivity contribution in [3.8, 4) is 11.5 Å². The van der Waals surface area contributed by atoms with Gasteiger partial charge in [-0.1, -0.05) is 13.3 Å². The number of alkyl halides is 3. The number of unbranched alkanes of at least 4 members (excludes halogenated alkanes) is 1. The lowest BCUT2D eigenvalue weighted by atomic mass is 10.1. The molecule has 0 N–H and O–H groups in total. The van der Waals surface area contributed by atoms with E-state index in [0.29, 0.717) is 30.0 Å². The fourth-order valence-electron chi connectivity index (χ4n) is 3.20. The quantitative estimate of drug-likeness (QED) is 0.670. The Morgan fingerprint density at radius 3 is 2.57 bits per heavy atom. The van der Waals surface area contributed by atoms with E-state index in [4.69, 9.17) is 9.47 Å². The third kappa shape index (κ3) is 5.30. The number of hydrogen-bond donors (Lipinski definition) is 0. The molecule has 0 radical (unpaired) electrons. The van der Waals surface area contributed by atoms with Gasteiger partial charge in [0.2, 0.25) is 11.8 Å². The summed E-state index contributed by atoms with van der Waals surface area (Å²) in [7, 11) is 2.94. The summed E-state index contributed by atoms with van der Waals surface area (Å²) in [4.78, 5) is 27.4. The number of benzene rings is 1. The zero-order valence-electron chi connectivity index (χ0n) is 16.2. The van der Waals surface area contributed by atoms with Gasteiger partial charge < -0.3 is 19.3 Å². The zero-order chi connectivity index (χ0) is 20.9. The molecule has 2 rings (SSSR count). The Kier molecular flexibility index (Phi) is 7.15. The van der Waals surface area contributed by atoms with Crippen LogP contribution in [-0.4, -0.2) is 56.7 Å². The standard InChI is InChI=1S/C19H25F3N2O4/c1-4-5-8-23(12-19(20,21)22)18(26)13-9-17(25)24(11-13)15-7-6-14(27-2)10-16(15)28-3/h6-7,10,13H,4-5,8-9,11-12H2,1-3H3. The number of rotatable bonds is 8. The van der Waals surface area contributed by atoms with Crippen molar-refractivity contribution in [3.63, 3.8) is 0 Å². The molecule has 1 atom stereocenters. The first-order chi connectivity index (χ1) is 13.2. The van der Waals surface area contributed by atoms with Gasteiger partial charge in [-0.25, -0.2) is 0 Å². The molecule has 0 aromatic heterocycles. The highest BCUT2D eigenvalue weighted by Gasteiger charge is 2.41. The monoisotopic (exact) mass is 402 g/mol. The van der Waals surface area contributed by atoms with E-state index in [1.165, 1.54) is 19.1 Å². The fraction of sp³-hybridized carbons (Fsp3) is 0.579. The smallest absolute Gasteiger partial charge is 0.406 e. The van der Waals surface area contributed by atoms with E-state index in [1.54, 1.807) is 18.2 Å². The summed E-state index contributed by atoms with van der Waals surface area (Å²) in [6.45, 7) is 0.571. The maximum Gasteiger partial charge on any atom is 0.406 e. The molecule has 1 aliphatic heterocycles. The van der Waals surface area contributed by atoms with E-state index in [9.17, 15) is 22.8 Å². The van der Waals surface area contributed by atoms with Crippen molar-refractivity contribution >= 4 is 17.5 Å². The Balaban J connectivity index is 2.19. The van der Waals surface area contributed by atoms with E-state index in [2.05, 4.69) is 0 Å². The molecular formula is C19H25F3N2O4. The summed E-state index contributed by atoms with van der Waals surface area (Å²) in [6.07, 6.45) is -3.47. The Labute approximate surface area is 162 Å². The molecule has 2 amide bonds. The summed E-state index contributed by atoms with van der Waals surface area (Å²) in [5.74, 6) is -0.869. The van der Waals surface area contributed by atoms with Crippen LogP contribution in [0.15, 0.2) is 18.2 Å². The normalized spacial score (nSPS) is 17.0. The molecule has 0 spiro atoms. The number of hydrogen-bond acceptors (Lipinski definition) is 4. The van der Waals surface area contributed by atoms with Crippen LogP contribution in [0.2, 0.25) is 0 Å². The largest absolute Gasteiger partial charge is 0.497 e. The van der Waals surface area contributed by atoms with Crippen LogP contribution in [0.25, 0.3) is 0 Å². The molecule has 1 aromatic rings. The van der Waals surface area contributed by atoms with E-state index in [1.807, 2.05) is 6.92 Å². The van der Waals surface area contributed by atoms with E-state index >= 15 is 0 Å². The minimum atomic E-state index is -4.48. The first kappa shape index (κ1) is 21.8. The van der Waals surface area contributed by atoms with Crippen LogP contribution in [-0.2, 0) is 9.59 Å². The zero-order valence-corrected chi connectivity index (χ0v) is 16.2. The van der Waals surface area contributed by atoms with Crippen LogP contribution >= 0.6 is 0 Å². The minimum Gasteiger partial charge on any atom is -0.497 e. The molecule has 0 saturated carbocycles. The molecule has 1 aromatic carbocycles. The minimum absolute atomic E-state index is 0.0147. The Hall–Kier alpha value is -2.45. The van der Waals surface area contributed by atoms with Crippen molar-refractivity contribution in [1.82, 2.24) is 4.90 Å². The predicted molar refractivity (Wildman–Crippen MR) is 97.5 cm³/mol. The number of carbonyl (C=O) groups is 2. The van der Waals surface area contributed by atoms with Gasteiger partial charge in [0.15, 0.2) is 0 Å². The molecule has 6 nitrogen and oxygen atoms in total. The molecule has 1 unspecified atom stereocenters. The van der Waals surface area contributed by atoms with Gasteiger partial charge in [0.1, 0.15) is 18.0 Å². The van der Waals surface area contributed by atoms with Gasteiger partial charge in [-0.15, -0.1) is 0 Å². The Bertz CT molecular complexity index is 709. The summed E-state index contributed by atoms with van der Waals surface area (Å²) in [5, 5.41) is 0. The molecule has 1 saturated heterocycles. The van der Waals surface area contributed by atoms with Gasteiger partial charge in [0.25, 0.3) is 0 Å². The first-order valence-electron chi connectivity index (χ1n) is 9.08. The molecule has 28 heavy (non-hydrogen) atoms. The van der Waals surface area contributed by atoms with Crippen LogP contribution in [0.3, 0.4) is 0 Å². The lowest BCUT2D eigenvalue weighted by molar-refractivity contribution is -0.163. The number of halogens is 3. The van der Waals surface area contributed by atoms with Gasteiger partial charge in [0, 0.05) is 25.6 Å². The number of amides is 2. The second-order valence-electron chi connectivity index (χ2n) is 6.67. The van der Waals surface area contributed by atoms with Crippen LogP contribution in [0.1, 0.15) is 26.2 Å². The number of methoxy groups -OCH3 is 2. The molecule has 156 valence electrons. The fourth-order valence-corrected chi connectivity index (χ4v) is 3.20. The molecule has 0 bridgehead atoms. The summed E-state index contributed by atoms with van der Waals surface area (Å²) >= 11 is 0. The lowest BCUT2D eigenvalue weighted by Gasteiger charge is -2.26. The summed E-state index contributed by atoms with van der Waals surface area (Å²) < 4.78 is 49.0. The molecular weight excluding hydrogens is 377 g/mol. The maximum atomic E-state index is 12.9. The summed E-state index contributed by atoms with van der Waals surface area (Å²) in [6, 6.07) is 4.89. The average molecular weight is 402 g/mol. The molecule has 1 aliphatic rings. The Morgan fingerprint density at radius 2 is 2.00 bits per heavy atom. The number of ether oxygens (including phenoxy) is 2. The average Bonchev–Trinajstić information content (AvgIpc) is 3.04. The van der Waals surface area contributed by atoms with Crippen LogP contribution in [0, 0.1) is 5.92 Å². The highest BCUT2D eigenvalue weighted by atomic mass is 19.4. The van der Waals surface area contributed by atoms with Crippen molar-refractivity contribution in [2.45, 2.75) is 32.4 Å². The lowest BCUT2D eigenvalue weighted by Crippen LogP contribution is -2.43. The van der Waals surface area contributed by atoms with Gasteiger partial charge in [-0.05, 0) is 18.6 Å². The third-order valence-electron chi connectivity index (χ3n) is 4.62. The van der Waals surface area contributed by atoms with Crippen molar-refractivity contribution < 1.29 is 32.2 Å². The highest BCUT2D eigenvalue weighted by Crippen LogP contribution is 2.36. The molecule has 9 heteroatoms. The second-order valence-corrected chi connectivity index (χ2v) is 6.67. The maximum absolute atomic E-state index is 12.9. The van der Waals surface area contributed by atoms with E-state index in [0.717, 1.165) is 4.90 Å². The number of carbonyl (C=O) groups excluding carboxylic acids is 2. The SMILES string of the molecule is CCCCN(CC(F)(F)F)C(=O)C1CC(=O)N(c2ccc(OC)cc2OC)C1. The Morgan fingerprint density at radius 1 is 1.29 bits per heavy atom. The molecule has 1 heterocycles. The number of anilines is 1. The van der Waals surface area contributed by atoms with Gasteiger partial charge in [-0.3, -0.25) is 9.59 Å². The summed E-state index contributed by atoms with van der Waals surface area (Å²) in [5.41, 5.74) is 0.458. The van der Waals surface area contributed by atoms with Crippen molar-refractivity contribution in [2.75, 3.05) is 38.8 Å². The topological polar surface area (TPSA) is 59.1 Å². The van der Waals surface area contributed by atoms with Crippen molar-refractivity contribution in [3.05, 3.63) is 18.2 Å². The molecule has 1 fully saturated rings. The van der Waals surface area contributed by atoms with Crippen molar-refractivity contribution in [2.24, 2.45) is 5.92 Å². The van der Waals surface area contributed by atoms with Gasteiger partial charge >= 0.3 is 6.18 Å². The van der Waals surface area contributed by atoms with Crippen LogP contribution in [0.5, 0.6) is 11.5 Å². The number of nitrogens with zero attached hydrogens (tertiary/aromatic N) is 2. The first-order valence-corrected chi connectivity index (χ1v) is 9.08. The third-order valence-corrected chi connectivity index (χ3v) is 4.62. The van der Waals surface area contributed by atoms with Crippen molar-refractivity contribution in [1.29, 1.82) is 0 Å². The molecule has 0 aliphatic carbocycles. The predicted octanol–water partition coefficient (Wildman–Crippen LogP) is 3.25. The van der Waals surface area contributed by atoms with E-state index in [-0.39, 0.29) is 25.4 Å².